The van der Waals surface area contributed by atoms with Crippen LogP contribution in [0, 0.1) is 0 Å². The Morgan fingerprint density at radius 1 is 0.765 bits per heavy atom. The van der Waals surface area contributed by atoms with Gasteiger partial charge in [-0.1, -0.05) is 13.1 Å². The second-order valence-corrected chi connectivity index (χ2v) is 11.2. The highest BCUT2D eigenvalue weighted by Gasteiger charge is 2.21. The van der Waals surface area contributed by atoms with Crippen LogP contribution in [0.3, 0.4) is 0 Å². The molecule has 0 aromatic rings. The van der Waals surface area contributed by atoms with Crippen molar-refractivity contribution in [3.8, 4) is 0 Å². The molecule has 0 aliphatic heterocycles. The molecule has 0 saturated heterocycles. The highest BCUT2D eigenvalue weighted by atomic mass is 28.3. The first-order valence-corrected chi connectivity index (χ1v) is 10.1. The minimum absolute atomic E-state index is 0.762. The summed E-state index contributed by atoms with van der Waals surface area (Å²) in [5, 5.41) is 0. The molecule has 0 unspecified atom stereocenters. The SMILES string of the molecule is CN(CCN)CC[Si](C)(C)CCN(C)CCN. The average molecular weight is 261 g/mol. The normalized spacial score (nSPS) is 12.7. The van der Waals surface area contributed by atoms with Crippen molar-refractivity contribution in [3.05, 3.63) is 0 Å². The minimum atomic E-state index is -1.05. The maximum absolute atomic E-state index is 5.55. The second-order valence-electron chi connectivity index (χ2n) is 5.85. The first-order chi connectivity index (χ1) is 7.91. The Bertz CT molecular complexity index is 169. The number of nitrogens with zero attached hydrogens (tertiary/aromatic N) is 2. The zero-order chi connectivity index (χ0) is 13.3. The molecule has 0 spiro atoms. The van der Waals surface area contributed by atoms with Crippen LogP contribution in [0.4, 0.5) is 0 Å². The van der Waals surface area contributed by atoms with Crippen LogP contribution in [-0.4, -0.2) is 71.2 Å². The van der Waals surface area contributed by atoms with Crippen LogP contribution in [0.15, 0.2) is 0 Å². The van der Waals surface area contributed by atoms with Crippen molar-refractivity contribution < 1.29 is 0 Å². The molecule has 0 atom stereocenters. The van der Waals surface area contributed by atoms with Crippen molar-refractivity contribution in [2.45, 2.75) is 25.2 Å². The highest BCUT2D eigenvalue weighted by molar-refractivity contribution is 6.77. The van der Waals surface area contributed by atoms with Gasteiger partial charge in [0.25, 0.3) is 0 Å². The summed E-state index contributed by atoms with van der Waals surface area (Å²) < 4.78 is 0. The molecule has 4 nitrogen and oxygen atoms in total. The Hall–Kier alpha value is 0.0569. The molecule has 104 valence electrons. The van der Waals surface area contributed by atoms with Crippen LogP contribution >= 0.6 is 0 Å². The number of nitrogens with two attached hydrogens (primary N) is 2. The standard InChI is InChI=1S/C12H32N4Si/c1-15(7-5-13)9-11-17(3,4)12-10-16(2)8-6-14/h5-14H2,1-4H3. The molecule has 0 aliphatic carbocycles. The van der Waals surface area contributed by atoms with E-state index in [4.69, 9.17) is 11.5 Å². The molecular weight excluding hydrogens is 228 g/mol. The molecule has 0 radical (unpaired) electrons. The zero-order valence-electron chi connectivity index (χ0n) is 12.2. The van der Waals surface area contributed by atoms with Gasteiger partial charge in [-0.2, -0.15) is 0 Å². The summed E-state index contributed by atoms with van der Waals surface area (Å²) in [7, 11) is 3.28. The van der Waals surface area contributed by atoms with Crippen LogP contribution in [0.25, 0.3) is 0 Å². The third kappa shape index (κ3) is 9.73. The smallest absolute Gasteiger partial charge is 0.0498 e. The average Bonchev–Trinajstić information content (AvgIpc) is 2.25. The van der Waals surface area contributed by atoms with Crippen LogP contribution in [-0.2, 0) is 0 Å². The number of hydrogen-bond donors (Lipinski definition) is 2. The summed E-state index contributed by atoms with van der Waals surface area (Å²) in [6.07, 6.45) is 0. The molecule has 5 heteroatoms. The van der Waals surface area contributed by atoms with Crippen LogP contribution in [0.2, 0.25) is 25.2 Å². The first-order valence-electron chi connectivity index (χ1n) is 6.68. The number of likely N-dealkylation sites (N-methyl/N-ethyl adjacent to an activating group) is 2. The Morgan fingerprint density at radius 2 is 1.12 bits per heavy atom. The topological polar surface area (TPSA) is 58.5 Å². The van der Waals surface area contributed by atoms with E-state index in [2.05, 4.69) is 37.0 Å². The van der Waals surface area contributed by atoms with E-state index in [0.717, 1.165) is 26.2 Å². The van der Waals surface area contributed by atoms with Gasteiger partial charge in [-0.3, -0.25) is 0 Å². The molecule has 0 saturated carbocycles. The van der Waals surface area contributed by atoms with Gasteiger partial charge in [0, 0.05) is 34.3 Å². The van der Waals surface area contributed by atoms with E-state index in [0.29, 0.717) is 0 Å². The molecule has 17 heavy (non-hydrogen) atoms. The predicted octanol–water partition coefficient (Wildman–Crippen LogP) is 0.476. The third-order valence-corrected chi connectivity index (χ3v) is 6.52. The summed E-state index contributed by atoms with van der Waals surface area (Å²) in [5.74, 6) is 0. The molecule has 4 N–H and O–H groups in total. The van der Waals surface area contributed by atoms with Gasteiger partial charge in [0.1, 0.15) is 0 Å². The molecule has 0 bridgehead atoms. The number of hydrogen-bond acceptors (Lipinski definition) is 4. The van der Waals surface area contributed by atoms with Gasteiger partial charge in [0.2, 0.25) is 0 Å². The Balaban J connectivity index is 3.78. The van der Waals surface area contributed by atoms with Crippen molar-refractivity contribution in [1.29, 1.82) is 0 Å². The van der Waals surface area contributed by atoms with E-state index in [9.17, 15) is 0 Å². The first kappa shape index (κ1) is 17.1. The van der Waals surface area contributed by atoms with Gasteiger partial charge < -0.3 is 21.3 Å². The van der Waals surface area contributed by atoms with Gasteiger partial charge in [0.05, 0.1) is 0 Å². The molecule has 0 amide bonds. The van der Waals surface area contributed by atoms with Crippen LogP contribution in [0.5, 0.6) is 0 Å². The molecule has 0 fully saturated rings. The lowest BCUT2D eigenvalue weighted by molar-refractivity contribution is 0.354. The Morgan fingerprint density at radius 3 is 1.41 bits per heavy atom. The third-order valence-electron chi connectivity index (χ3n) is 3.36. The molecule has 0 heterocycles. The van der Waals surface area contributed by atoms with Crippen LogP contribution in [0.1, 0.15) is 0 Å². The zero-order valence-corrected chi connectivity index (χ0v) is 13.2. The van der Waals surface area contributed by atoms with E-state index in [-0.39, 0.29) is 0 Å². The summed E-state index contributed by atoms with van der Waals surface area (Å²) in [6.45, 7) is 10.9. The molecule has 0 aromatic carbocycles. The van der Waals surface area contributed by atoms with Crippen LogP contribution < -0.4 is 11.5 Å². The second kappa shape index (κ2) is 9.05. The van der Waals surface area contributed by atoms with Gasteiger partial charge >= 0.3 is 0 Å². The minimum Gasteiger partial charge on any atom is -0.329 e. The van der Waals surface area contributed by atoms with Gasteiger partial charge in [-0.15, -0.1) is 0 Å². The van der Waals surface area contributed by atoms with E-state index in [1.165, 1.54) is 25.2 Å². The predicted molar refractivity (Wildman–Crippen MR) is 80.2 cm³/mol. The molecule has 0 rings (SSSR count). The van der Waals surface area contributed by atoms with Gasteiger partial charge in [0.15, 0.2) is 0 Å². The molecular formula is C12H32N4Si. The summed E-state index contributed by atoms with van der Waals surface area (Å²) >= 11 is 0. The maximum Gasteiger partial charge on any atom is 0.0498 e. The number of rotatable bonds is 10. The quantitative estimate of drug-likeness (QED) is 0.561. The van der Waals surface area contributed by atoms with E-state index in [1.807, 2.05) is 0 Å². The summed E-state index contributed by atoms with van der Waals surface area (Å²) in [4.78, 5) is 4.69. The van der Waals surface area contributed by atoms with Crippen molar-refractivity contribution >= 4 is 8.07 Å². The van der Waals surface area contributed by atoms with Crippen molar-refractivity contribution in [2.75, 3.05) is 53.4 Å². The lowest BCUT2D eigenvalue weighted by Crippen LogP contribution is -2.37. The van der Waals surface area contributed by atoms with Crippen molar-refractivity contribution in [3.63, 3.8) is 0 Å². The molecule has 0 aromatic heterocycles. The molecule has 0 aliphatic rings. The van der Waals surface area contributed by atoms with Gasteiger partial charge in [-0.05, 0) is 39.3 Å². The van der Waals surface area contributed by atoms with E-state index in [1.54, 1.807) is 0 Å². The van der Waals surface area contributed by atoms with Gasteiger partial charge in [-0.25, -0.2) is 0 Å². The fourth-order valence-electron chi connectivity index (χ4n) is 1.78. The highest BCUT2D eigenvalue weighted by Crippen LogP contribution is 2.15. The largest absolute Gasteiger partial charge is 0.329 e. The lowest BCUT2D eigenvalue weighted by Gasteiger charge is -2.27. The van der Waals surface area contributed by atoms with Crippen molar-refractivity contribution in [1.82, 2.24) is 9.80 Å². The van der Waals surface area contributed by atoms with Crippen molar-refractivity contribution in [2.24, 2.45) is 11.5 Å². The fraction of sp³-hybridized carbons (Fsp3) is 1.00. The fourth-order valence-corrected chi connectivity index (χ4v) is 4.00. The van der Waals surface area contributed by atoms with E-state index >= 15 is 0 Å². The lowest BCUT2D eigenvalue weighted by atomic mass is 10.5. The van der Waals surface area contributed by atoms with E-state index < -0.39 is 8.07 Å². The Kier molecular flexibility index (Phi) is 9.08. The monoisotopic (exact) mass is 260 g/mol. The Labute approximate surface area is 108 Å². The summed E-state index contributed by atoms with van der Waals surface area (Å²) in [5.41, 5.74) is 11.1. The summed E-state index contributed by atoms with van der Waals surface area (Å²) in [6, 6.07) is 2.72. The maximum atomic E-state index is 5.55.